The molecule has 2 aliphatic rings. The van der Waals surface area contributed by atoms with E-state index in [0.717, 1.165) is 24.5 Å². The van der Waals surface area contributed by atoms with Crippen molar-refractivity contribution in [2.75, 3.05) is 13.2 Å². The maximum absolute atomic E-state index is 5.80. The van der Waals surface area contributed by atoms with Crippen molar-refractivity contribution < 1.29 is 4.74 Å². The molecule has 0 bridgehead atoms. The normalized spacial score (nSPS) is 36.0. The molecule has 1 saturated heterocycles. The molecule has 4 unspecified atom stereocenters. The summed E-state index contributed by atoms with van der Waals surface area (Å²) in [5.41, 5.74) is 0. The van der Waals surface area contributed by atoms with Gasteiger partial charge in [-0.15, -0.1) is 0 Å². The summed E-state index contributed by atoms with van der Waals surface area (Å²) >= 11 is 0. The molecule has 0 amide bonds. The molecule has 0 aromatic heterocycles. The zero-order chi connectivity index (χ0) is 11.4. The molecule has 0 aromatic rings. The SMILES string of the molecule is CCCC(C)CNC1CCCC2OCCC12. The molecule has 16 heavy (non-hydrogen) atoms. The number of hydrogen-bond donors (Lipinski definition) is 1. The Morgan fingerprint density at radius 2 is 2.19 bits per heavy atom. The van der Waals surface area contributed by atoms with Gasteiger partial charge in [-0.2, -0.15) is 0 Å². The van der Waals surface area contributed by atoms with E-state index in [1.165, 1.54) is 45.1 Å². The third-order valence-electron chi connectivity index (χ3n) is 4.29. The van der Waals surface area contributed by atoms with Crippen LogP contribution in [0.5, 0.6) is 0 Å². The van der Waals surface area contributed by atoms with Gasteiger partial charge in [-0.1, -0.05) is 20.3 Å². The predicted molar refractivity (Wildman–Crippen MR) is 67.6 cm³/mol. The topological polar surface area (TPSA) is 21.3 Å². The van der Waals surface area contributed by atoms with Gasteiger partial charge in [-0.05, 0) is 44.6 Å². The van der Waals surface area contributed by atoms with Gasteiger partial charge < -0.3 is 10.1 Å². The summed E-state index contributed by atoms with van der Waals surface area (Å²) in [6, 6.07) is 0.737. The molecule has 1 aliphatic carbocycles. The lowest BCUT2D eigenvalue weighted by atomic mass is 9.81. The maximum atomic E-state index is 5.80. The molecule has 4 atom stereocenters. The number of rotatable bonds is 5. The molecule has 0 spiro atoms. The molecule has 0 aromatic carbocycles. The average Bonchev–Trinajstić information content (AvgIpc) is 2.75. The lowest BCUT2D eigenvalue weighted by Crippen LogP contribution is -2.44. The van der Waals surface area contributed by atoms with E-state index in [0.29, 0.717) is 6.10 Å². The summed E-state index contributed by atoms with van der Waals surface area (Å²) in [6.07, 6.45) is 8.53. The van der Waals surface area contributed by atoms with Crippen molar-refractivity contribution >= 4 is 0 Å². The lowest BCUT2D eigenvalue weighted by molar-refractivity contribution is 0.0526. The molecular weight excluding hydrogens is 198 g/mol. The zero-order valence-corrected chi connectivity index (χ0v) is 10.9. The fourth-order valence-electron chi connectivity index (χ4n) is 3.38. The van der Waals surface area contributed by atoms with Crippen molar-refractivity contribution in [2.24, 2.45) is 11.8 Å². The average molecular weight is 225 g/mol. The van der Waals surface area contributed by atoms with Crippen molar-refractivity contribution in [3.05, 3.63) is 0 Å². The van der Waals surface area contributed by atoms with E-state index in [2.05, 4.69) is 19.2 Å². The van der Waals surface area contributed by atoms with Crippen molar-refractivity contribution in [3.8, 4) is 0 Å². The van der Waals surface area contributed by atoms with Gasteiger partial charge in [0.05, 0.1) is 6.10 Å². The summed E-state index contributed by atoms with van der Waals surface area (Å²) < 4.78 is 5.80. The van der Waals surface area contributed by atoms with E-state index >= 15 is 0 Å². The summed E-state index contributed by atoms with van der Waals surface area (Å²) in [6.45, 7) is 6.83. The van der Waals surface area contributed by atoms with Crippen LogP contribution >= 0.6 is 0 Å². The van der Waals surface area contributed by atoms with Crippen molar-refractivity contribution in [1.82, 2.24) is 5.32 Å². The third kappa shape index (κ3) is 2.98. The Labute approximate surface area is 100 Å². The first kappa shape index (κ1) is 12.4. The Hall–Kier alpha value is -0.0800. The van der Waals surface area contributed by atoms with E-state index in [-0.39, 0.29) is 0 Å². The number of nitrogens with one attached hydrogen (secondary N) is 1. The van der Waals surface area contributed by atoms with Crippen molar-refractivity contribution in [1.29, 1.82) is 0 Å². The lowest BCUT2D eigenvalue weighted by Gasteiger charge is -2.34. The Kier molecular flexibility index (Phi) is 4.66. The Bertz CT molecular complexity index is 207. The first-order valence-corrected chi connectivity index (χ1v) is 7.16. The Morgan fingerprint density at radius 1 is 1.31 bits per heavy atom. The summed E-state index contributed by atoms with van der Waals surface area (Å²) in [5, 5.41) is 3.80. The predicted octanol–water partition coefficient (Wildman–Crippen LogP) is 2.97. The molecule has 0 radical (unpaired) electrons. The second-order valence-corrected chi connectivity index (χ2v) is 5.70. The van der Waals surface area contributed by atoms with Crippen LogP contribution in [0.1, 0.15) is 52.4 Å². The van der Waals surface area contributed by atoms with Gasteiger partial charge in [0.2, 0.25) is 0 Å². The minimum atomic E-state index is 0.577. The minimum absolute atomic E-state index is 0.577. The molecular formula is C14H27NO. The number of hydrogen-bond acceptors (Lipinski definition) is 2. The molecule has 2 heteroatoms. The first-order chi connectivity index (χ1) is 7.81. The maximum Gasteiger partial charge on any atom is 0.0619 e. The van der Waals surface area contributed by atoms with Crippen molar-refractivity contribution in [2.45, 2.75) is 64.5 Å². The van der Waals surface area contributed by atoms with Gasteiger partial charge in [-0.25, -0.2) is 0 Å². The summed E-state index contributed by atoms with van der Waals surface area (Å²) in [5.74, 6) is 1.63. The quantitative estimate of drug-likeness (QED) is 0.776. The summed E-state index contributed by atoms with van der Waals surface area (Å²) in [7, 11) is 0. The van der Waals surface area contributed by atoms with Crippen LogP contribution in [0.4, 0.5) is 0 Å². The molecule has 94 valence electrons. The van der Waals surface area contributed by atoms with Crippen LogP contribution in [0.15, 0.2) is 0 Å². The highest BCUT2D eigenvalue weighted by atomic mass is 16.5. The van der Waals surface area contributed by atoms with Crippen LogP contribution in [-0.2, 0) is 4.74 Å². The Balaban J connectivity index is 1.75. The largest absolute Gasteiger partial charge is 0.378 e. The second kappa shape index (κ2) is 6.02. The minimum Gasteiger partial charge on any atom is -0.378 e. The van der Waals surface area contributed by atoms with Gasteiger partial charge in [0.25, 0.3) is 0 Å². The van der Waals surface area contributed by atoms with Crippen LogP contribution in [0, 0.1) is 11.8 Å². The number of ether oxygens (including phenoxy) is 1. The highest BCUT2D eigenvalue weighted by molar-refractivity contribution is 4.90. The second-order valence-electron chi connectivity index (χ2n) is 5.70. The highest BCUT2D eigenvalue weighted by Gasteiger charge is 2.37. The smallest absolute Gasteiger partial charge is 0.0619 e. The van der Waals surface area contributed by atoms with E-state index in [4.69, 9.17) is 4.74 Å². The molecule has 1 saturated carbocycles. The molecule has 2 rings (SSSR count). The first-order valence-electron chi connectivity index (χ1n) is 7.16. The fourth-order valence-corrected chi connectivity index (χ4v) is 3.38. The van der Waals surface area contributed by atoms with Crippen LogP contribution in [0.2, 0.25) is 0 Å². The fraction of sp³-hybridized carbons (Fsp3) is 1.00. The van der Waals surface area contributed by atoms with E-state index < -0.39 is 0 Å². The molecule has 2 fully saturated rings. The summed E-state index contributed by atoms with van der Waals surface area (Å²) in [4.78, 5) is 0. The third-order valence-corrected chi connectivity index (χ3v) is 4.29. The molecule has 1 N–H and O–H groups in total. The van der Waals surface area contributed by atoms with E-state index in [1.807, 2.05) is 0 Å². The van der Waals surface area contributed by atoms with E-state index in [9.17, 15) is 0 Å². The highest BCUT2D eigenvalue weighted by Crippen LogP contribution is 2.34. The zero-order valence-electron chi connectivity index (χ0n) is 10.9. The monoisotopic (exact) mass is 225 g/mol. The van der Waals surface area contributed by atoms with Gasteiger partial charge in [0.1, 0.15) is 0 Å². The van der Waals surface area contributed by atoms with Gasteiger partial charge in [0.15, 0.2) is 0 Å². The molecule has 2 nitrogen and oxygen atoms in total. The van der Waals surface area contributed by atoms with Gasteiger partial charge in [-0.3, -0.25) is 0 Å². The van der Waals surface area contributed by atoms with Crippen LogP contribution in [0.25, 0.3) is 0 Å². The Morgan fingerprint density at radius 3 is 3.00 bits per heavy atom. The van der Waals surface area contributed by atoms with Gasteiger partial charge >= 0.3 is 0 Å². The standard InChI is InChI=1S/C14H27NO/c1-3-5-11(2)10-15-13-6-4-7-14-12(13)8-9-16-14/h11-15H,3-10H2,1-2H3. The van der Waals surface area contributed by atoms with Crippen LogP contribution in [-0.4, -0.2) is 25.3 Å². The van der Waals surface area contributed by atoms with Crippen LogP contribution < -0.4 is 5.32 Å². The molecule has 1 aliphatic heterocycles. The van der Waals surface area contributed by atoms with E-state index in [1.54, 1.807) is 0 Å². The van der Waals surface area contributed by atoms with Gasteiger partial charge in [0, 0.05) is 18.6 Å². The van der Waals surface area contributed by atoms with Crippen LogP contribution in [0.3, 0.4) is 0 Å². The number of fused-ring (bicyclic) bond motifs is 1. The van der Waals surface area contributed by atoms with Crippen molar-refractivity contribution in [3.63, 3.8) is 0 Å². The molecule has 1 heterocycles.